The van der Waals surface area contributed by atoms with Gasteiger partial charge in [-0.05, 0) is 74.8 Å². The van der Waals surface area contributed by atoms with Crippen molar-refractivity contribution in [2.24, 2.45) is 0 Å². The van der Waals surface area contributed by atoms with Gasteiger partial charge in [0.15, 0.2) is 0 Å². The molecule has 3 aromatic heterocycles. The van der Waals surface area contributed by atoms with Gasteiger partial charge in [-0.1, -0.05) is 55.9 Å². The molecule has 274 valence electrons. The molecular formula is C39H48N6O6Si. The molecule has 0 radical (unpaired) electrons. The first-order chi connectivity index (χ1) is 24.9. The van der Waals surface area contributed by atoms with Gasteiger partial charge in [-0.3, -0.25) is 23.7 Å². The summed E-state index contributed by atoms with van der Waals surface area (Å²) in [5.74, 6) is 0.201. The standard InChI is InChI=1S/C39H48N6O6Si/c1-28-8-10-29(11-9-28)24-44-25-31(23-40-44)37(46)41-32-22-34(38(47)43(26-32)27-50-18-19-52(2,3)4)36-21-30-20-33(12-13-35(30)45(36)39(48)49)51-17-16-42-14-6-5-7-15-42/h8-13,20-23,25-26H,5-7,14-19,24,27H2,1-4H3,(H,41,46)(H,48,49). The van der Waals surface area contributed by atoms with Crippen LogP contribution in [-0.2, 0) is 18.0 Å². The number of piperidine rings is 1. The Morgan fingerprint density at radius 2 is 1.73 bits per heavy atom. The number of rotatable bonds is 14. The van der Waals surface area contributed by atoms with Gasteiger partial charge in [0, 0.05) is 39.0 Å². The van der Waals surface area contributed by atoms with Crippen LogP contribution in [0, 0.1) is 6.92 Å². The lowest BCUT2D eigenvalue weighted by Gasteiger charge is -2.26. The quantitative estimate of drug-likeness (QED) is 0.0927. The van der Waals surface area contributed by atoms with Crippen molar-refractivity contribution in [3.63, 3.8) is 0 Å². The fraction of sp³-hybridized carbons (Fsp3) is 0.385. The molecule has 0 atom stereocenters. The van der Waals surface area contributed by atoms with Crippen LogP contribution in [0.2, 0.25) is 25.7 Å². The van der Waals surface area contributed by atoms with Gasteiger partial charge in [-0.2, -0.15) is 5.10 Å². The van der Waals surface area contributed by atoms with Crippen LogP contribution in [-0.4, -0.2) is 81.8 Å². The summed E-state index contributed by atoms with van der Waals surface area (Å²) >= 11 is 0. The maximum atomic E-state index is 14.0. The molecule has 0 spiro atoms. The van der Waals surface area contributed by atoms with Crippen molar-refractivity contribution in [1.82, 2.24) is 23.8 Å². The molecule has 1 aliphatic heterocycles. The summed E-state index contributed by atoms with van der Waals surface area (Å²) in [7, 11) is -1.39. The van der Waals surface area contributed by atoms with Gasteiger partial charge in [0.2, 0.25) is 0 Å². The van der Waals surface area contributed by atoms with Crippen LogP contribution in [0.4, 0.5) is 10.5 Å². The number of carbonyl (C=O) groups excluding carboxylic acids is 1. The number of carbonyl (C=O) groups is 2. The molecule has 2 N–H and O–H groups in total. The molecule has 5 aromatic rings. The normalized spacial score (nSPS) is 13.8. The molecule has 52 heavy (non-hydrogen) atoms. The summed E-state index contributed by atoms with van der Waals surface area (Å²) in [6.45, 7) is 13.2. The van der Waals surface area contributed by atoms with E-state index in [1.165, 1.54) is 42.3 Å². The van der Waals surface area contributed by atoms with Crippen LogP contribution in [0.25, 0.3) is 22.2 Å². The summed E-state index contributed by atoms with van der Waals surface area (Å²) in [6, 6.07) is 17.4. The predicted molar refractivity (Wildman–Crippen MR) is 205 cm³/mol. The number of benzene rings is 2. The predicted octanol–water partition coefficient (Wildman–Crippen LogP) is 6.98. The number of hydrogen-bond acceptors (Lipinski definition) is 7. The van der Waals surface area contributed by atoms with Crippen LogP contribution < -0.4 is 15.6 Å². The minimum absolute atomic E-state index is 0.0587. The third-order valence-electron chi connectivity index (χ3n) is 9.30. The Labute approximate surface area is 304 Å². The average Bonchev–Trinajstić information content (AvgIpc) is 3.74. The van der Waals surface area contributed by atoms with Gasteiger partial charge in [0.25, 0.3) is 11.5 Å². The summed E-state index contributed by atoms with van der Waals surface area (Å²) in [5.41, 5.74) is 3.11. The summed E-state index contributed by atoms with van der Waals surface area (Å²) in [4.78, 5) is 42.6. The van der Waals surface area contributed by atoms with Gasteiger partial charge in [0.05, 0.1) is 40.8 Å². The third-order valence-corrected chi connectivity index (χ3v) is 11.0. The van der Waals surface area contributed by atoms with E-state index in [0.29, 0.717) is 47.7 Å². The van der Waals surface area contributed by atoms with Crippen LogP contribution in [0.15, 0.2) is 78.0 Å². The van der Waals surface area contributed by atoms with E-state index in [4.69, 9.17) is 9.47 Å². The van der Waals surface area contributed by atoms with Crippen LogP contribution in [0.5, 0.6) is 5.75 Å². The van der Waals surface area contributed by atoms with E-state index in [9.17, 15) is 19.5 Å². The molecule has 4 heterocycles. The zero-order valence-corrected chi connectivity index (χ0v) is 31.4. The fourth-order valence-electron chi connectivity index (χ4n) is 6.34. The zero-order valence-electron chi connectivity index (χ0n) is 30.4. The van der Waals surface area contributed by atoms with E-state index in [1.54, 1.807) is 35.1 Å². The minimum atomic E-state index is -1.39. The molecule has 1 fully saturated rings. The lowest BCUT2D eigenvalue weighted by Crippen LogP contribution is -2.33. The SMILES string of the molecule is Cc1ccc(Cn2cc(C(=O)Nc3cc(-c4cc5cc(OCCN6CCCCC6)ccc5n4C(=O)O)c(=O)n(COCC[Si](C)(C)C)c3)cn2)cc1. The Morgan fingerprint density at radius 3 is 2.46 bits per heavy atom. The second-order valence-corrected chi connectivity index (χ2v) is 20.4. The lowest BCUT2D eigenvalue weighted by atomic mass is 10.1. The highest BCUT2D eigenvalue weighted by molar-refractivity contribution is 6.76. The Kier molecular flexibility index (Phi) is 11.4. The van der Waals surface area contributed by atoms with Crippen molar-refractivity contribution in [2.45, 2.75) is 65.1 Å². The number of aromatic nitrogens is 4. The van der Waals surface area contributed by atoms with Crippen LogP contribution in [0.3, 0.4) is 0 Å². The van der Waals surface area contributed by atoms with E-state index in [2.05, 4.69) is 35.0 Å². The maximum absolute atomic E-state index is 14.0. The molecule has 6 rings (SSSR count). The van der Waals surface area contributed by atoms with Crippen LogP contribution >= 0.6 is 0 Å². The number of aryl methyl sites for hydroxylation is 1. The zero-order chi connectivity index (χ0) is 36.8. The molecule has 1 amide bonds. The van der Waals surface area contributed by atoms with Crippen molar-refractivity contribution in [3.05, 3.63) is 100 Å². The number of amides is 1. The van der Waals surface area contributed by atoms with E-state index >= 15 is 0 Å². The van der Waals surface area contributed by atoms with Crippen LogP contribution in [0.1, 0.15) is 40.7 Å². The van der Waals surface area contributed by atoms with Crippen molar-refractivity contribution < 1.29 is 24.2 Å². The summed E-state index contributed by atoms with van der Waals surface area (Å²) in [6.07, 6.45) is 7.12. The smallest absolute Gasteiger partial charge is 0.416 e. The fourth-order valence-corrected chi connectivity index (χ4v) is 7.10. The largest absolute Gasteiger partial charge is 0.492 e. The summed E-state index contributed by atoms with van der Waals surface area (Å²) in [5, 5.41) is 18.3. The monoisotopic (exact) mass is 724 g/mol. The number of ether oxygens (including phenoxy) is 2. The van der Waals surface area contributed by atoms with Crippen molar-refractivity contribution >= 4 is 36.7 Å². The maximum Gasteiger partial charge on any atom is 0.416 e. The molecule has 0 aliphatic carbocycles. The Hall–Kier alpha value is -4.98. The molecule has 0 saturated carbocycles. The Morgan fingerprint density at radius 1 is 0.962 bits per heavy atom. The van der Waals surface area contributed by atoms with E-state index in [0.717, 1.165) is 41.4 Å². The first-order valence-electron chi connectivity index (χ1n) is 17.9. The number of likely N-dealkylation sites (tertiary alicyclic amines) is 1. The third kappa shape index (κ3) is 9.27. The number of nitrogens with zero attached hydrogens (tertiary/aromatic N) is 5. The van der Waals surface area contributed by atoms with Gasteiger partial charge in [0.1, 0.15) is 19.1 Å². The van der Waals surface area contributed by atoms with Gasteiger partial charge in [-0.15, -0.1) is 0 Å². The highest BCUT2D eigenvalue weighted by atomic mass is 28.3. The second-order valence-electron chi connectivity index (χ2n) is 14.8. The molecule has 0 bridgehead atoms. The number of carboxylic acid groups (broad SMARTS) is 1. The minimum Gasteiger partial charge on any atom is -0.492 e. The average molecular weight is 725 g/mol. The molecule has 1 aliphatic rings. The number of pyridine rings is 1. The highest BCUT2D eigenvalue weighted by Crippen LogP contribution is 2.31. The lowest BCUT2D eigenvalue weighted by molar-refractivity contribution is 0.0849. The number of nitrogens with one attached hydrogen (secondary N) is 1. The van der Waals surface area contributed by atoms with Crippen molar-refractivity contribution in [1.29, 1.82) is 0 Å². The molecule has 1 saturated heterocycles. The molecule has 0 unspecified atom stereocenters. The number of hydrogen-bond donors (Lipinski definition) is 2. The van der Waals surface area contributed by atoms with Gasteiger partial charge in [-0.25, -0.2) is 9.36 Å². The number of fused-ring (bicyclic) bond motifs is 1. The Bertz CT molecular complexity index is 2090. The molecule has 13 heteroatoms. The van der Waals surface area contributed by atoms with E-state index in [1.807, 2.05) is 31.2 Å². The van der Waals surface area contributed by atoms with Crippen molar-refractivity contribution in [2.75, 3.05) is 38.2 Å². The molecular weight excluding hydrogens is 677 g/mol. The Balaban J connectivity index is 1.28. The van der Waals surface area contributed by atoms with Gasteiger partial charge < -0.3 is 19.9 Å². The molecule has 2 aromatic carbocycles. The molecule has 12 nitrogen and oxygen atoms in total. The van der Waals surface area contributed by atoms with E-state index in [-0.39, 0.29) is 18.0 Å². The van der Waals surface area contributed by atoms with Gasteiger partial charge >= 0.3 is 6.09 Å². The highest BCUT2D eigenvalue weighted by Gasteiger charge is 2.22. The summed E-state index contributed by atoms with van der Waals surface area (Å²) < 4.78 is 16.2. The van der Waals surface area contributed by atoms with Crippen molar-refractivity contribution in [3.8, 4) is 17.0 Å². The topological polar surface area (TPSA) is 133 Å². The first kappa shape index (κ1) is 36.8. The second kappa shape index (κ2) is 16.1. The number of anilines is 1. The first-order valence-corrected chi connectivity index (χ1v) is 21.6. The van der Waals surface area contributed by atoms with E-state index < -0.39 is 25.6 Å².